The number of amides is 1. The zero-order valence-corrected chi connectivity index (χ0v) is 10.8. The number of hydrogen-bond acceptors (Lipinski definition) is 3. The molecule has 0 aliphatic carbocycles. The second kappa shape index (κ2) is 5.64. The average Bonchev–Trinajstić information content (AvgIpc) is 2.26. The fraction of sp³-hybridized carbons (Fsp3) is 0.917. The zero-order chi connectivity index (χ0) is 12.3. The molecule has 1 heterocycles. The maximum Gasteiger partial charge on any atom is 0.225 e. The van der Waals surface area contributed by atoms with Crippen LogP contribution >= 0.6 is 0 Å². The lowest BCUT2D eigenvalue weighted by Crippen LogP contribution is -2.53. The maximum atomic E-state index is 11.9. The van der Waals surface area contributed by atoms with Gasteiger partial charge in [0.05, 0.1) is 0 Å². The smallest absolute Gasteiger partial charge is 0.225 e. The van der Waals surface area contributed by atoms with Crippen molar-refractivity contribution < 1.29 is 9.90 Å². The fourth-order valence-electron chi connectivity index (χ4n) is 2.34. The van der Waals surface area contributed by atoms with Crippen LogP contribution in [0.2, 0.25) is 0 Å². The van der Waals surface area contributed by atoms with E-state index in [1.165, 1.54) is 0 Å². The van der Waals surface area contributed by atoms with E-state index in [1.807, 2.05) is 32.8 Å². The van der Waals surface area contributed by atoms with Crippen LogP contribution in [0, 0.1) is 11.8 Å². The Kier molecular flexibility index (Phi) is 4.74. The van der Waals surface area contributed by atoms with Crippen molar-refractivity contribution in [3.05, 3.63) is 0 Å². The standard InChI is InChI=1S/C12H24N2O2/c1-9(2)12(16)14-6-5-10(8-15)11(7-14)13(3)4/h9-11,15H,5-8H2,1-4H3/t10-,11-/m1/s1. The molecule has 4 heteroatoms. The van der Waals surface area contributed by atoms with Crippen molar-refractivity contribution in [3.63, 3.8) is 0 Å². The van der Waals surface area contributed by atoms with E-state index in [1.54, 1.807) is 0 Å². The van der Waals surface area contributed by atoms with Crippen molar-refractivity contribution in [1.82, 2.24) is 9.80 Å². The van der Waals surface area contributed by atoms with Crippen LogP contribution in [0.1, 0.15) is 20.3 Å². The summed E-state index contributed by atoms with van der Waals surface area (Å²) in [6.07, 6.45) is 0.901. The number of rotatable bonds is 3. The van der Waals surface area contributed by atoms with Gasteiger partial charge in [0.1, 0.15) is 0 Å². The summed E-state index contributed by atoms with van der Waals surface area (Å²) < 4.78 is 0. The molecule has 0 spiro atoms. The van der Waals surface area contributed by atoms with Gasteiger partial charge in [0, 0.05) is 37.6 Å². The number of aliphatic hydroxyl groups excluding tert-OH is 1. The topological polar surface area (TPSA) is 43.8 Å². The molecule has 1 rings (SSSR count). The van der Waals surface area contributed by atoms with Crippen LogP contribution in [0.5, 0.6) is 0 Å². The summed E-state index contributed by atoms with van der Waals surface area (Å²) in [6.45, 7) is 5.62. The van der Waals surface area contributed by atoms with Crippen molar-refractivity contribution in [2.24, 2.45) is 11.8 Å². The third-order valence-electron chi connectivity index (χ3n) is 3.42. The highest BCUT2D eigenvalue weighted by Crippen LogP contribution is 2.21. The first-order chi connectivity index (χ1) is 7.47. The number of carbonyl (C=O) groups is 1. The molecule has 0 bridgehead atoms. The summed E-state index contributed by atoms with van der Waals surface area (Å²) in [7, 11) is 4.02. The summed E-state index contributed by atoms with van der Waals surface area (Å²) >= 11 is 0. The van der Waals surface area contributed by atoms with Gasteiger partial charge in [0.25, 0.3) is 0 Å². The molecule has 1 N–H and O–H groups in total. The number of aliphatic hydroxyl groups is 1. The third-order valence-corrected chi connectivity index (χ3v) is 3.42. The van der Waals surface area contributed by atoms with E-state index < -0.39 is 0 Å². The predicted octanol–water partition coefficient (Wildman–Crippen LogP) is 0.413. The zero-order valence-electron chi connectivity index (χ0n) is 10.8. The van der Waals surface area contributed by atoms with E-state index in [2.05, 4.69) is 4.90 Å². The highest BCUT2D eigenvalue weighted by atomic mass is 16.3. The van der Waals surface area contributed by atoms with Gasteiger partial charge in [0.15, 0.2) is 0 Å². The predicted molar refractivity (Wildman–Crippen MR) is 64.1 cm³/mol. The summed E-state index contributed by atoms with van der Waals surface area (Å²) in [6, 6.07) is 0.279. The highest BCUT2D eigenvalue weighted by Gasteiger charge is 2.32. The molecule has 94 valence electrons. The average molecular weight is 228 g/mol. The second-order valence-electron chi connectivity index (χ2n) is 5.20. The van der Waals surface area contributed by atoms with E-state index in [0.717, 1.165) is 19.5 Å². The SMILES string of the molecule is CC(C)C(=O)N1CC[C@H](CO)[C@H](N(C)C)C1. The van der Waals surface area contributed by atoms with Crippen LogP contribution in [-0.4, -0.2) is 60.6 Å². The largest absolute Gasteiger partial charge is 0.396 e. The number of piperidine rings is 1. The normalized spacial score (nSPS) is 26.6. The number of likely N-dealkylation sites (N-methyl/N-ethyl adjacent to an activating group) is 1. The van der Waals surface area contributed by atoms with Gasteiger partial charge in [-0.1, -0.05) is 13.8 Å². The number of likely N-dealkylation sites (tertiary alicyclic amines) is 1. The molecule has 0 aromatic heterocycles. The van der Waals surface area contributed by atoms with Crippen molar-refractivity contribution in [2.45, 2.75) is 26.3 Å². The molecule has 0 radical (unpaired) electrons. The monoisotopic (exact) mass is 228 g/mol. The number of hydrogen-bond donors (Lipinski definition) is 1. The number of carbonyl (C=O) groups excluding carboxylic acids is 1. The molecule has 0 saturated carbocycles. The van der Waals surface area contributed by atoms with Crippen molar-refractivity contribution in [1.29, 1.82) is 0 Å². The first-order valence-electron chi connectivity index (χ1n) is 6.03. The van der Waals surface area contributed by atoms with Crippen molar-refractivity contribution in [3.8, 4) is 0 Å². The summed E-state index contributed by atoms with van der Waals surface area (Å²) in [5.74, 6) is 0.586. The van der Waals surface area contributed by atoms with Crippen LogP contribution in [-0.2, 0) is 4.79 Å². The molecule has 0 aromatic carbocycles. The lowest BCUT2D eigenvalue weighted by Gasteiger charge is -2.41. The van der Waals surface area contributed by atoms with Crippen LogP contribution in [0.3, 0.4) is 0 Å². The van der Waals surface area contributed by atoms with Crippen LogP contribution < -0.4 is 0 Å². The Labute approximate surface area is 98.2 Å². The molecule has 1 amide bonds. The van der Waals surface area contributed by atoms with E-state index in [9.17, 15) is 9.90 Å². The van der Waals surface area contributed by atoms with Gasteiger partial charge in [-0.05, 0) is 20.5 Å². The molecule has 2 atom stereocenters. The highest BCUT2D eigenvalue weighted by molar-refractivity contribution is 5.78. The van der Waals surface area contributed by atoms with Crippen molar-refractivity contribution in [2.75, 3.05) is 33.8 Å². The van der Waals surface area contributed by atoms with Gasteiger partial charge in [0.2, 0.25) is 5.91 Å². The molecule has 0 unspecified atom stereocenters. The molecule has 4 nitrogen and oxygen atoms in total. The van der Waals surface area contributed by atoms with Gasteiger partial charge in [-0.25, -0.2) is 0 Å². The van der Waals surface area contributed by atoms with E-state index in [4.69, 9.17) is 0 Å². The van der Waals surface area contributed by atoms with Gasteiger partial charge >= 0.3 is 0 Å². The van der Waals surface area contributed by atoms with Gasteiger partial charge in [-0.2, -0.15) is 0 Å². The number of nitrogens with zero attached hydrogens (tertiary/aromatic N) is 2. The Hall–Kier alpha value is -0.610. The van der Waals surface area contributed by atoms with E-state index in [-0.39, 0.29) is 24.5 Å². The molecular formula is C12H24N2O2. The van der Waals surface area contributed by atoms with E-state index >= 15 is 0 Å². The fourth-order valence-corrected chi connectivity index (χ4v) is 2.34. The van der Waals surface area contributed by atoms with E-state index in [0.29, 0.717) is 5.92 Å². The first-order valence-corrected chi connectivity index (χ1v) is 6.03. The molecule has 1 fully saturated rings. The molecule has 0 aromatic rings. The summed E-state index contributed by atoms with van der Waals surface area (Å²) in [4.78, 5) is 15.9. The van der Waals surface area contributed by atoms with Gasteiger partial charge in [-0.3, -0.25) is 4.79 Å². The molecule has 16 heavy (non-hydrogen) atoms. The molecular weight excluding hydrogens is 204 g/mol. The first kappa shape index (κ1) is 13.5. The molecule has 1 aliphatic rings. The molecule has 1 aliphatic heterocycles. The van der Waals surface area contributed by atoms with Crippen LogP contribution in [0.4, 0.5) is 0 Å². The quantitative estimate of drug-likeness (QED) is 0.761. The van der Waals surface area contributed by atoms with Crippen LogP contribution in [0.15, 0.2) is 0 Å². The summed E-state index contributed by atoms with van der Waals surface area (Å²) in [5, 5.41) is 9.31. The molecule has 1 saturated heterocycles. The Morgan fingerprint density at radius 3 is 2.56 bits per heavy atom. The van der Waals surface area contributed by atoms with Gasteiger partial charge in [-0.15, -0.1) is 0 Å². The second-order valence-corrected chi connectivity index (χ2v) is 5.20. The van der Waals surface area contributed by atoms with Crippen molar-refractivity contribution >= 4 is 5.91 Å². The summed E-state index contributed by atoms with van der Waals surface area (Å²) in [5.41, 5.74) is 0. The Morgan fingerprint density at radius 2 is 2.12 bits per heavy atom. The maximum absolute atomic E-state index is 11.9. The minimum absolute atomic E-state index is 0.0634. The van der Waals surface area contributed by atoms with Crippen LogP contribution in [0.25, 0.3) is 0 Å². The lowest BCUT2D eigenvalue weighted by atomic mass is 9.91. The minimum atomic E-state index is 0.0634. The Bertz CT molecular complexity index is 241. The lowest BCUT2D eigenvalue weighted by molar-refractivity contribution is -0.137. The van der Waals surface area contributed by atoms with Gasteiger partial charge < -0.3 is 14.9 Å². The Balaban J connectivity index is 2.65. The third kappa shape index (κ3) is 2.95. The Morgan fingerprint density at radius 1 is 1.50 bits per heavy atom. The minimum Gasteiger partial charge on any atom is -0.396 e.